The second-order valence-corrected chi connectivity index (χ2v) is 6.06. The highest BCUT2D eigenvalue weighted by atomic mass is 33.1. The highest BCUT2D eigenvalue weighted by Gasteiger charge is 2.12. The maximum absolute atomic E-state index is 11.9. The smallest absolute Gasteiger partial charge is 0.230 e. The molecule has 0 unspecified atom stereocenters. The van der Waals surface area contributed by atoms with Crippen molar-refractivity contribution in [3.8, 4) is 0 Å². The Labute approximate surface area is 124 Å². The van der Waals surface area contributed by atoms with Crippen molar-refractivity contribution in [2.24, 2.45) is 0 Å². The van der Waals surface area contributed by atoms with Crippen LogP contribution in [0.1, 0.15) is 20.7 Å². The fourth-order valence-corrected chi connectivity index (χ4v) is 3.06. The molecule has 0 atom stereocenters. The van der Waals surface area contributed by atoms with Gasteiger partial charge in [0.2, 0.25) is 10.2 Å². The van der Waals surface area contributed by atoms with Crippen LogP contribution < -0.4 is 11.5 Å². The highest BCUT2D eigenvalue weighted by molar-refractivity contribution is 8.87. The number of carbonyl (C=O) groups is 2. The molecule has 0 aliphatic carbocycles. The van der Waals surface area contributed by atoms with Gasteiger partial charge in [-0.2, -0.15) is 0 Å². The van der Waals surface area contributed by atoms with Crippen molar-refractivity contribution in [3.05, 3.63) is 59.7 Å². The first-order chi connectivity index (χ1) is 9.56. The van der Waals surface area contributed by atoms with Crippen molar-refractivity contribution in [2.45, 2.75) is 0 Å². The van der Waals surface area contributed by atoms with Crippen LogP contribution in [0.25, 0.3) is 0 Å². The minimum absolute atomic E-state index is 0.182. The minimum Gasteiger partial charge on any atom is -0.399 e. The van der Waals surface area contributed by atoms with Gasteiger partial charge in [-0.05, 0) is 70.1 Å². The van der Waals surface area contributed by atoms with Gasteiger partial charge in [0, 0.05) is 22.5 Å². The van der Waals surface area contributed by atoms with Gasteiger partial charge in [0.1, 0.15) is 0 Å². The Kier molecular flexibility index (Phi) is 4.70. The lowest BCUT2D eigenvalue weighted by atomic mass is 10.2. The number of anilines is 2. The van der Waals surface area contributed by atoms with Crippen LogP contribution in [0.4, 0.5) is 11.4 Å². The normalized spacial score (nSPS) is 10.2. The van der Waals surface area contributed by atoms with E-state index in [9.17, 15) is 9.59 Å². The first-order valence-electron chi connectivity index (χ1n) is 5.70. The summed E-state index contributed by atoms with van der Waals surface area (Å²) < 4.78 is 0. The molecule has 2 rings (SSSR count). The second-order valence-electron chi connectivity index (χ2n) is 3.99. The topological polar surface area (TPSA) is 86.2 Å². The summed E-state index contributed by atoms with van der Waals surface area (Å²) in [5, 5.41) is -0.363. The molecule has 4 nitrogen and oxygen atoms in total. The lowest BCUT2D eigenvalue weighted by Gasteiger charge is -2.01. The maximum atomic E-state index is 11.9. The first-order valence-corrected chi connectivity index (χ1v) is 7.85. The standard InChI is InChI=1S/C14H12N2O2S2/c15-11-5-1-9(2-6-11)13(17)19-20-14(18)10-3-7-12(16)8-4-10/h1-8H,15-16H2. The lowest BCUT2D eigenvalue weighted by molar-refractivity contribution is 0.107. The molecule has 0 aromatic heterocycles. The number of rotatable bonds is 2. The third-order valence-corrected chi connectivity index (χ3v) is 4.50. The number of benzene rings is 2. The van der Waals surface area contributed by atoms with E-state index in [2.05, 4.69) is 0 Å². The maximum Gasteiger partial charge on any atom is 0.230 e. The molecule has 0 bridgehead atoms. The Balaban J connectivity index is 1.94. The molecule has 0 spiro atoms. The van der Waals surface area contributed by atoms with E-state index in [1.54, 1.807) is 48.5 Å². The third kappa shape index (κ3) is 3.79. The second kappa shape index (κ2) is 6.49. The van der Waals surface area contributed by atoms with E-state index in [1.807, 2.05) is 0 Å². The summed E-state index contributed by atoms with van der Waals surface area (Å²) in [5.41, 5.74) is 13.3. The van der Waals surface area contributed by atoms with Gasteiger partial charge in [-0.25, -0.2) is 0 Å². The number of hydrogen-bond donors (Lipinski definition) is 2. The molecular weight excluding hydrogens is 292 g/mol. The van der Waals surface area contributed by atoms with E-state index < -0.39 is 0 Å². The molecule has 0 heterocycles. The fraction of sp³-hybridized carbons (Fsp3) is 0. The molecule has 6 heteroatoms. The van der Waals surface area contributed by atoms with E-state index in [-0.39, 0.29) is 10.2 Å². The zero-order valence-electron chi connectivity index (χ0n) is 10.4. The van der Waals surface area contributed by atoms with Crippen LogP contribution in [0.15, 0.2) is 48.5 Å². The third-order valence-electron chi connectivity index (χ3n) is 2.49. The number of carbonyl (C=O) groups excluding carboxylic acids is 2. The molecule has 0 radical (unpaired) electrons. The highest BCUT2D eigenvalue weighted by Crippen LogP contribution is 2.29. The molecule has 0 aliphatic heterocycles. The van der Waals surface area contributed by atoms with E-state index in [4.69, 9.17) is 11.5 Å². The van der Waals surface area contributed by atoms with Gasteiger partial charge < -0.3 is 11.5 Å². The van der Waals surface area contributed by atoms with Gasteiger partial charge in [0.15, 0.2) is 0 Å². The molecule has 0 fully saturated rings. The lowest BCUT2D eigenvalue weighted by Crippen LogP contribution is -1.96. The first kappa shape index (κ1) is 14.5. The van der Waals surface area contributed by atoms with Gasteiger partial charge >= 0.3 is 0 Å². The van der Waals surface area contributed by atoms with Crippen LogP contribution in [-0.4, -0.2) is 10.2 Å². The molecule has 2 aromatic rings. The monoisotopic (exact) mass is 304 g/mol. The molecule has 102 valence electrons. The summed E-state index contributed by atoms with van der Waals surface area (Å²) in [6.07, 6.45) is 0. The Morgan fingerprint density at radius 3 is 1.25 bits per heavy atom. The average Bonchev–Trinajstić information content (AvgIpc) is 2.46. The van der Waals surface area contributed by atoms with Crippen LogP contribution in [-0.2, 0) is 0 Å². The minimum atomic E-state index is -0.182. The van der Waals surface area contributed by atoms with Crippen molar-refractivity contribution in [1.82, 2.24) is 0 Å². The Morgan fingerprint density at radius 2 is 0.950 bits per heavy atom. The number of nitrogens with two attached hydrogens (primary N) is 2. The van der Waals surface area contributed by atoms with Crippen molar-refractivity contribution in [3.63, 3.8) is 0 Å². The Hall–Kier alpha value is -1.92. The molecule has 4 N–H and O–H groups in total. The van der Waals surface area contributed by atoms with Crippen molar-refractivity contribution in [2.75, 3.05) is 11.5 Å². The summed E-state index contributed by atoms with van der Waals surface area (Å²) in [7, 11) is 1.80. The predicted octanol–water partition coefficient (Wildman–Crippen LogP) is 3.21. The van der Waals surface area contributed by atoms with Crippen LogP contribution >= 0.6 is 21.6 Å². The Bertz CT molecular complexity index is 567. The zero-order valence-corrected chi connectivity index (χ0v) is 12.0. The Morgan fingerprint density at radius 1 is 0.650 bits per heavy atom. The SMILES string of the molecule is Nc1ccc(C(=O)SSC(=O)c2ccc(N)cc2)cc1. The molecule has 20 heavy (non-hydrogen) atoms. The zero-order chi connectivity index (χ0) is 14.5. The molecule has 0 aliphatic rings. The molecule has 2 aromatic carbocycles. The van der Waals surface area contributed by atoms with E-state index in [0.29, 0.717) is 22.5 Å². The van der Waals surface area contributed by atoms with Crippen molar-refractivity contribution >= 4 is 43.2 Å². The van der Waals surface area contributed by atoms with Gasteiger partial charge in [0.25, 0.3) is 0 Å². The molecule has 0 saturated heterocycles. The van der Waals surface area contributed by atoms with Crippen molar-refractivity contribution < 1.29 is 9.59 Å². The van der Waals surface area contributed by atoms with Crippen LogP contribution in [0, 0.1) is 0 Å². The molecule has 0 amide bonds. The van der Waals surface area contributed by atoms with E-state index in [1.165, 1.54) is 0 Å². The summed E-state index contributed by atoms with van der Waals surface area (Å²) in [5.74, 6) is 0. The molecule has 0 saturated carbocycles. The summed E-state index contributed by atoms with van der Waals surface area (Å²) in [4.78, 5) is 23.7. The van der Waals surface area contributed by atoms with Gasteiger partial charge in [-0.15, -0.1) is 0 Å². The van der Waals surface area contributed by atoms with Crippen molar-refractivity contribution in [1.29, 1.82) is 0 Å². The number of hydrogen-bond acceptors (Lipinski definition) is 6. The number of nitrogen functional groups attached to an aromatic ring is 2. The van der Waals surface area contributed by atoms with Crippen LogP contribution in [0.5, 0.6) is 0 Å². The molecular formula is C14H12N2O2S2. The fourth-order valence-electron chi connectivity index (χ4n) is 1.41. The van der Waals surface area contributed by atoms with Crippen LogP contribution in [0.2, 0.25) is 0 Å². The van der Waals surface area contributed by atoms with Gasteiger partial charge in [-0.1, -0.05) is 0 Å². The summed E-state index contributed by atoms with van der Waals surface area (Å²) in [6, 6.07) is 13.2. The van der Waals surface area contributed by atoms with E-state index >= 15 is 0 Å². The predicted molar refractivity (Wildman–Crippen MR) is 85.6 cm³/mol. The average molecular weight is 304 g/mol. The summed E-state index contributed by atoms with van der Waals surface area (Å²) in [6.45, 7) is 0. The van der Waals surface area contributed by atoms with Crippen LogP contribution in [0.3, 0.4) is 0 Å². The quantitative estimate of drug-likeness (QED) is 0.654. The van der Waals surface area contributed by atoms with Gasteiger partial charge in [0.05, 0.1) is 0 Å². The van der Waals surface area contributed by atoms with E-state index in [0.717, 1.165) is 21.6 Å². The van der Waals surface area contributed by atoms with Gasteiger partial charge in [-0.3, -0.25) is 9.59 Å². The summed E-state index contributed by atoms with van der Waals surface area (Å²) >= 11 is 0. The largest absolute Gasteiger partial charge is 0.399 e.